The average Bonchev–Trinajstić information content (AvgIpc) is 2.95. The maximum absolute atomic E-state index is 11.6. The summed E-state index contributed by atoms with van der Waals surface area (Å²) in [5.74, 6) is -0.539. The first-order valence-electron chi connectivity index (χ1n) is 8.13. The van der Waals surface area contributed by atoms with Crippen molar-refractivity contribution < 1.29 is 24.0 Å². The van der Waals surface area contributed by atoms with E-state index < -0.39 is 5.97 Å². The van der Waals surface area contributed by atoms with E-state index in [-0.39, 0.29) is 17.8 Å². The van der Waals surface area contributed by atoms with Gasteiger partial charge in [-0.05, 0) is 18.8 Å². The Morgan fingerprint density at radius 3 is 2.50 bits per heavy atom. The van der Waals surface area contributed by atoms with Crippen molar-refractivity contribution in [3.05, 3.63) is 12.2 Å². The Balaban J connectivity index is 2.62. The van der Waals surface area contributed by atoms with Crippen LogP contribution in [0.25, 0.3) is 0 Å². The molecule has 1 unspecified atom stereocenters. The topological polar surface area (TPSA) is 54.0 Å². The van der Waals surface area contributed by atoms with Crippen molar-refractivity contribution in [3.63, 3.8) is 0 Å². The molecule has 0 N–H and O–H groups in total. The Kier molecular flexibility index (Phi) is 8.07. The van der Waals surface area contributed by atoms with Crippen molar-refractivity contribution >= 4 is 5.97 Å². The monoisotopic (exact) mass is 314 g/mol. The molecular formula is C17H30O5. The van der Waals surface area contributed by atoms with Crippen molar-refractivity contribution in [1.82, 2.24) is 0 Å². The molecule has 1 rings (SSSR count). The standard InChI is InChI=1S/C17H30O5/c1-6-7-8-9-17(4,5)14(12-15-19-10-11-20-15)21-22-16(18)13(2)3/h14-15H,2,6-12H2,1,3-5H3. The van der Waals surface area contributed by atoms with Crippen LogP contribution in [-0.4, -0.2) is 31.6 Å². The van der Waals surface area contributed by atoms with Gasteiger partial charge < -0.3 is 9.47 Å². The Morgan fingerprint density at radius 2 is 1.95 bits per heavy atom. The van der Waals surface area contributed by atoms with Gasteiger partial charge in [-0.1, -0.05) is 46.6 Å². The third-order valence-electron chi connectivity index (χ3n) is 3.98. The number of hydrogen-bond acceptors (Lipinski definition) is 5. The molecule has 5 heteroatoms. The number of carbonyl (C=O) groups excluding carboxylic acids is 1. The molecule has 0 amide bonds. The van der Waals surface area contributed by atoms with Crippen LogP contribution in [0.3, 0.4) is 0 Å². The van der Waals surface area contributed by atoms with Crippen LogP contribution >= 0.6 is 0 Å². The van der Waals surface area contributed by atoms with Gasteiger partial charge in [0.25, 0.3) is 0 Å². The second-order valence-corrected chi connectivity index (χ2v) is 6.59. The van der Waals surface area contributed by atoms with Crippen LogP contribution in [0.1, 0.15) is 59.8 Å². The smallest absolute Gasteiger partial charge is 0.350 e. The van der Waals surface area contributed by atoms with Gasteiger partial charge in [-0.3, -0.25) is 4.89 Å². The molecule has 0 aromatic carbocycles. The van der Waals surface area contributed by atoms with Crippen LogP contribution in [0.15, 0.2) is 12.2 Å². The van der Waals surface area contributed by atoms with Crippen molar-refractivity contribution in [2.75, 3.05) is 13.2 Å². The molecule has 128 valence electrons. The fraction of sp³-hybridized carbons (Fsp3) is 0.824. The second-order valence-electron chi connectivity index (χ2n) is 6.59. The largest absolute Gasteiger partial charge is 0.368 e. The first-order valence-corrected chi connectivity index (χ1v) is 8.13. The molecule has 0 aromatic heterocycles. The second kappa shape index (κ2) is 9.28. The first kappa shape index (κ1) is 19.1. The Hall–Kier alpha value is -0.910. The number of carbonyl (C=O) groups is 1. The van der Waals surface area contributed by atoms with Crippen molar-refractivity contribution in [2.45, 2.75) is 72.2 Å². The Labute approximate surface area is 133 Å². The fourth-order valence-electron chi connectivity index (χ4n) is 2.37. The molecule has 0 aromatic rings. The lowest BCUT2D eigenvalue weighted by Gasteiger charge is -2.33. The predicted octanol–water partition coefficient (Wildman–Crippen LogP) is 3.78. The van der Waals surface area contributed by atoms with E-state index in [4.69, 9.17) is 19.2 Å². The molecule has 1 atom stereocenters. The van der Waals surface area contributed by atoms with Crippen molar-refractivity contribution in [2.24, 2.45) is 5.41 Å². The third-order valence-corrected chi connectivity index (χ3v) is 3.98. The van der Waals surface area contributed by atoms with Gasteiger partial charge in [-0.2, -0.15) is 4.89 Å². The zero-order valence-electron chi connectivity index (χ0n) is 14.4. The molecule has 0 aliphatic carbocycles. The van der Waals surface area contributed by atoms with E-state index in [0.29, 0.717) is 25.2 Å². The minimum Gasteiger partial charge on any atom is -0.350 e. The molecule has 0 bridgehead atoms. The van der Waals surface area contributed by atoms with E-state index >= 15 is 0 Å². The summed E-state index contributed by atoms with van der Waals surface area (Å²) in [6, 6.07) is 0. The predicted molar refractivity (Wildman–Crippen MR) is 84.0 cm³/mol. The molecule has 0 saturated carbocycles. The quantitative estimate of drug-likeness (QED) is 0.266. The fourth-order valence-corrected chi connectivity index (χ4v) is 2.37. The van der Waals surface area contributed by atoms with Gasteiger partial charge in [0, 0.05) is 12.0 Å². The molecule has 1 fully saturated rings. The maximum Gasteiger partial charge on any atom is 0.368 e. The minimum atomic E-state index is -0.539. The number of unbranched alkanes of at least 4 members (excludes halogenated alkanes) is 2. The number of ether oxygens (including phenoxy) is 2. The van der Waals surface area contributed by atoms with Crippen molar-refractivity contribution in [3.8, 4) is 0 Å². The lowest BCUT2D eigenvalue weighted by molar-refractivity contribution is -0.320. The van der Waals surface area contributed by atoms with E-state index in [1.165, 1.54) is 12.8 Å². The highest BCUT2D eigenvalue weighted by Gasteiger charge is 2.35. The summed E-state index contributed by atoms with van der Waals surface area (Å²) in [4.78, 5) is 21.9. The lowest BCUT2D eigenvalue weighted by Crippen LogP contribution is -2.36. The van der Waals surface area contributed by atoms with Gasteiger partial charge in [0.1, 0.15) is 6.10 Å². The zero-order chi connectivity index (χ0) is 16.6. The highest BCUT2D eigenvalue weighted by atomic mass is 17.2. The van der Waals surface area contributed by atoms with Crippen LogP contribution in [0.2, 0.25) is 0 Å². The number of hydrogen-bond donors (Lipinski definition) is 0. The lowest BCUT2D eigenvalue weighted by atomic mass is 9.80. The minimum absolute atomic E-state index is 0.139. The van der Waals surface area contributed by atoms with Crippen LogP contribution in [0, 0.1) is 5.41 Å². The molecule has 22 heavy (non-hydrogen) atoms. The molecule has 1 saturated heterocycles. The van der Waals surface area contributed by atoms with Gasteiger partial charge in [-0.15, -0.1) is 0 Å². The van der Waals surface area contributed by atoms with Crippen molar-refractivity contribution in [1.29, 1.82) is 0 Å². The Bertz CT molecular complexity index is 358. The molecule has 1 aliphatic heterocycles. The number of rotatable bonds is 10. The normalized spacial score (nSPS) is 17.5. The molecular weight excluding hydrogens is 284 g/mol. The average molecular weight is 314 g/mol. The summed E-state index contributed by atoms with van der Waals surface area (Å²) in [7, 11) is 0. The van der Waals surface area contributed by atoms with E-state index in [9.17, 15) is 4.79 Å². The van der Waals surface area contributed by atoms with Crippen LogP contribution in [-0.2, 0) is 24.0 Å². The van der Waals surface area contributed by atoms with Gasteiger partial charge in [-0.25, -0.2) is 4.79 Å². The van der Waals surface area contributed by atoms with Gasteiger partial charge in [0.2, 0.25) is 0 Å². The van der Waals surface area contributed by atoms with E-state index in [0.717, 1.165) is 12.8 Å². The summed E-state index contributed by atoms with van der Waals surface area (Å²) in [6.45, 7) is 12.8. The maximum atomic E-state index is 11.6. The van der Waals surface area contributed by atoms with Crippen LogP contribution in [0.5, 0.6) is 0 Å². The van der Waals surface area contributed by atoms with Gasteiger partial charge in [0.05, 0.1) is 13.2 Å². The van der Waals surface area contributed by atoms with Crippen LogP contribution < -0.4 is 0 Å². The molecule has 1 aliphatic rings. The van der Waals surface area contributed by atoms with Gasteiger partial charge in [0.15, 0.2) is 6.29 Å². The SMILES string of the molecule is C=C(C)C(=O)OOC(CC1OCCO1)C(C)(C)CCCCC. The van der Waals surface area contributed by atoms with Gasteiger partial charge >= 0.3 is 5.97 Å². The molecule has 1 heterocycles. The summed E-state index contributed by atoms with van der Waals surface area (Å²) in [6.07, 6.45) is 4.42. The highest BCUT2D eigenvalue weighted by molar-refractivity contribution is 5.86. The van der Waals surface area contributed by atoms with E-state index in [1.807, 2.05) is 0 Å². The third kappa shape index (κ3) is 6.46. The summed E-state index contributed by atoms with van der Waals surface area (Å²) in [5, 5.41) is 0. The highest BCUT2D eigenvalue weighted by Crippen LogP contribution is 2.34. The molecule has 0 spiro atoms. The summed E-state index contributed by atoms with van der Waals surface area (Å²) < 4.78 is 11.0. The summed E-state index contributed by atoms with van der Waals surface area (Å²) >= 11 is 0. The zero-order valence-corrected chi connectivity index (χ0v) is 14.4. The Morgan fingerprint density at radius 1 is 1.32 bits per heavy atom. The molecule has 0 radical (unpaired) electrons. The van der Waals surface area contributed by atoms with E-state index in [1.54, 1.807) is 6.92 Å². The van der Waals surface area contributed by atoms with Crippen LogP contribution in [0.4, 0.5) is 0 Å². The van der Waals surface area contributed by atoms with E-state index in [2.05, 4.69) is 27.4 Å². The molecule has 5 nitrogen and oxygen atoms in total. The summed E-state index contributed by atoms with van der Waals surface area (Å²) in [5.41, 5.74) is 0.177. The first-order chi connectivity index (χ1) is 10.4.